The first kappa shape index (κ1) is 18.9. The summed E-state index contributed by atoms with van der Waals surface area (Å²) in [6, 6.07) is 5.58. The fourth-order valence-corrected chi connectivity index (χ4v) is 3.19. The molecule has 0 bridgehead atoms. The summed E-state index contributed by atoms with van der Waals surface area (Å²) in [5, 5.41) is 16.3. The molecule has 2 amide bonds. The summed E-state index contributed by atoms with van der Waals surface area (Å²) in [4.78, 5) is 34.1. The molecular weight excluding hydrogens is 322 g/mol. The average molecular weight is 347 g/mol. The van der Waals surface area contributed by atoms with Crippen molar-refractivity contribution in [1.29, 1.82) is 0 Å². The maximum Gasteiger partial charge on any atom is 0.269 e. The smallest absolute Gasteiger partial charge is 0.269 e. The van der Waals surface area contributed by atoms with Crippen LogP contribution in [-0.2, 0) is 4.79 Å². The maximum atomic E-state index is 12.1. The fraction of sp³-hybridized carbons (Fsp3) is 0.556. The normalized spacial score (nSPS) is 22.9. The summed E-state index contributed by atoms with van der Waals surface area (Å²) < 4.78 is 0. The highest BCUT2D eigenvalue weighted by Crippen LogP contribution is 2.29. The Bertz CT molecular complexity index is 630. The summed E-state index contributed by atoms with van der Waals surface area (Å²) >= 11 is 0. The first-order valence-corrected chi connectivity index (χ1v) is 8.70. The van der Waals surface area contributed by atoms with Gasteiger partial charge in [-0.25, -0.2) is 0 Å². The van der Waals surface area contributed by atoms with Gasteiger partial charge in [0.2, 0.25) is 5.91 Å². The lowest BCUT2D eigenvalue weighted by atomic mass is 9.78. The van der Waals surface area contributed by atoms with Gasteiger partial charge in [-0.15, -0.1) is 0 Å². The Hall–Kier alpha value is -2.44. The number of nitrogens with zero attached hydrogens (tertiary/aromatic N) is 1. The molecule has 0 saturated heterocycles. The van der Waals surface area contributed by atoms with E-state index in [0.717, 1.165) is 12.8 Å². The molecule has 1 aromatic carbocycles. The zero-order chi connectivity index (χ0) is 18.4. The minimum atomic E-state index is -0.515. The second kappa shape index (κ2) is 8.60. The van der Waals surface area contributed by atoms with Crippen LogP contribution >= 0.6 is 0 Å². The number of carbonyl (C=O) groups excluding carboxylic acids is 2. The van der Waals surface area contributed by atoms with E-state index in [9.17, 15) is 19.7 Å². The Labute approximate surface area is 147 Å². The number of benzene rings is 1. The average Bonchev–Trinajstić information content (AvgIpc) is 2.59. The SMILES string of the molecule is C[C@@H]1[C@H](C)CCC[C@@H]1NC(=O)CCNC(=O)c1ccc([N+](=O)[O-])cc1. The molecule has 1 aromatic rings. The van der Waals surface area contributed by atoms with Gasteiger partial charge in [-0.3, -0.25) is 19.7 Å². The Morgan fingerprint density at radius 1 is 1.20 bits per heavy atom. The van der Waals surface area contributed by atoms with Crippen molar-refractivity contribution >= 4 is 17.5 Å². The monoisotopic (exact) mass is 347 g/mol. The lowest BCUT2D eigenvalue weighted by Gasteiger charge is -2.34. The Morgan fingerprint density at radius 2 is 1.88 bits per heavy atom. The van der Waals surface area contributed by atoms with Crippen molar-refractivity contribution in [2.75, 3.05) is 6.54 Å². The van der Waals surface area contributed by atoms with Gasteiger partial charge in [0.15, 0.2) is 0 Å². The van der Waals surface area contributed by atoms with Crippen LogP contribution in [-0.4, -0.2) is 29.3 Å². The molecule has 25 heavy (non-hydrogen) atoms. The molecular formula is C18H25N3O4. The molecule has 136 valence electrons. The van der Waals surface area contributed by atoms with Gasteiger partial charge >= 0.3 is 0 Å². The van der Waals surface area contributed by atoms with Crippen molar-refractivity contribution in [1.82, 2.24) is 10.6 Å². The summed E-state index contributed by atoms with van der Waals surface area (Å²) in [6.07, 6.45) is 3.56. The minimum absolute atomic E-state index is 0.0602. The highest BCUT2D eigenvalue weighted by Gasteiger charge is 2.27. The van der Waals surface area contributed by atoms with Crippen molar-refractivity contribution in [3.8, 4) is 0 Å². The number of hydrogen-bond donors (Lipinski definition) is 2. The van der Waals surface area contributed by atoms with Gasteiger partial charge in [0.1, 0.15) is 0 Å². The van der Waals surface area contributed by atoms with Crippen molar-refractivity contribution in [2.45, 2.75) is 45.6 Å². The first-order chi connectivity index (χ1) is 11.9. The van der Waals surface area contributed by atoms with Crippen LogP contribution in [0.3, 0.4) is 0 Å². The minimum Gasteiger partial charge on any atom is -0.353 e. The fourth-order valence-electron chi connectivity index (χ4n) is 3.19. The van der Waals surface area contributed by atoms with E-state index in [1.807, 2.05) is 0 Å². The molecule has 0 heterocycles. The van der Waals surface area contributed by atoms with Crippen LogP contribution < -0.4 is 10.6 Å². The van der Waals surface area contributed by atoms with E-state index < -0.39 is 4.92 Å². The molecule has 7 heteroatoms. The van der Waals surface area contributed by atoms with Crippen LogP contribution in [0.25, 0.3) is 0 Å². The zero-order valence-electron chi connectivity index (χ0n) is 14.7. The molecule has 7 nitrogen and oxygen atoms in total. The van der Waals surface area contributed by atoms with E-state index in [0.29, 0.717) is 17.4 Å². The molecule has 1 fully saturated rings. The molecule has 3 atom stereocenters. The molecule has 1 saturated carbocycles. The van der Waals surface area contributed by atoms with Gasteiger partial charge in [-0.05, 0) is 30.4 Å². The zero-order valence-corrected chi connectivity index (χ0v) is 14.7. The predicted octanol–water partition coefficient (Wildman–Crippen LogP) is 2.66. The summed E-state index contributed by atoms with van der Waals surface area (Å²) in [5.41, 5.74) is 0.271. The first-order valence-electron chi connectivity index (χ1n) is 8.70. The Balaban J connectivity index is 1.75. The van der Waals surface area contributed by atoms with E-state index >= 15 is 0 Å². The largest absolute Gasteiger partial charge is 0.353 e. The molecule has 2 rings (SSSR count). The lowest BCUT2D eigenvalue weighted by molar-refractivity contribution is -0.384. The molecule has 1 aliphatic carbocycles. The van der Waals surface area contributed by atoms with Gasteiger partial charge in [0, 0.05) is 36.7 Å². The van der Waals surface area contributed by atoms with Gasteiger partial charge in [0.05, 0.1) is 4.92 Å². The Morgan fingerprint density at radius 3 is 2.52 bits per heavy atom. The van der Waals surface area contributed by atoms with E-state index in [-0.39, 0.29) is 36.5 Å². The maximum absolute atomic E-state index is 12.1. The second-order valence-corrected chi connectivity index (χ2v) is 6.75. The summed E-state index contributed by atoms with van der Waals surface area (Å²) in [5.74, 6) is 0.672. The van der Waals surface area contributed by atoms with Crippen LogP contribution in [0.5, 0.6) is 0 Å². The van der Waals surface area contributed by atoms with Crippen molar-refractivity contribution < 1.29 is 14.5 Å². The van der Waals surface area contributed by atoms with Crippen LogP contribution in [0.4, 0.5) is 5.69 Å². The third-order valence-electron chi connectivity index (χ3n) is 5.03. The topological polar surface area (TPSA) is 101 Å². The molecule has 0 radical (unpaired) electrons. The number of non-ortho nitro benzene ring substituents is 1. The summed E-state index contributed by atoms with van der Waals surface area (Å²) in [7, 11) is 0. The molecule has 0 spiro atoms. The predicted molar refractivity (Wildman–Crippen MR) is 94.2 cm³/mol. The number of rotatable bonds is 6. The molecule has 2 N–H and O–H groups in total. The van der Waals surface area contributed by atoms with Crippen LogP contribution in [0, 0.1) is 22.0 Å². The third-order valence-corrected chi connectivity index (χ3v) is 5.03. The third kappa shape index (κ3) is 5.27. The van der Waals surface area contributed by atoms with Crippen LogP contribution in [0.15, 0.2) is 24.3 Å². The van der Waals surface area contributed by atoms with Gasteiger partial charge < -0.3 is 10.6 Å². The van der Waals surface area contributed by atoms with E-state index in [1.165, 1.54) is 30.7 Å². The van der Waals surface area contributed by atoms with Crippen LogP contribution in [0.2, 0.25) is 0 Å². The molecule has 0 unspecified atom stereocenters. The van der Waals surface area contributed by atoms with Crippen molar-refractivity contribution in [3.05, 3.63) is 39.9 Å². The second-order valence-electron chi connectivity index (χ2n) is 6.75. The molecule has 0 aliphatic heterocycles. The number of nitro benzene ring substituents is 1. The number of amides is 2. The number of carbonyl (C=O) groups is 2. The van der Waals surface area contributed by atoms with Crippen LogP contribution in [0.1, 0.15) is 49.9 Å². The summed E-state index contributed by atoms with van der Waals surface area (Å²) in [6.45, 7) is 4.62. The highest BCUT2D eigenvalue weighted by molar-refractivity contribution is 5.94. The van der Waals surface area contributed by atoms with Gasteiger partial charge in [-0.1, -0.05) is 26.7 Å². The number of nitrogens with one attached hydrogen (secondary N) is 2. The Kier molecular flexibility index (Phi) is 6.50. The van der Waals surface area contributed by atoms with E-state index in [2.05, 4.69) is 24.5 Å². The quantitative estimate of drug-likeness (QED) is 0.610. The lowest BCUT2D eigenvalue weighted by Crippen LogP contribution is -2.44. The van der Waals surface area contributed by atoms with Crippen molar-refractivity contribution in [2.24, 2.45) is 11.8 Å². The molecule has 0 aromatic heterocycles. The number of hydrogen-bond acceptors (Lipinski definition) is 4. The highest BCUT2D eigenvalue weighted by atomic mass is 16.6. The number of nitro groups is 1. The van der Waals surface area contributed by atoms with Crippen molar-refractivity contribution in [3.63, 3.8) is 0 Å². The van der Waals surface area contributed by atoms with E-state index in [1.54, 1.807) is 0 Å². The van der Waals surface area contributed by atoms with Gasteiger partial charge in [-0.2, -0.15) is 0 Å². The standard InChI is InChI=1S/C18H25N3O4/c1-12-4-3-5-16(13(12)2)20-17(22)10-11-19-18(23)14-6-8-15(9-7-14)21(24)25/h6-9,12-13,16H,3-5,10-11H2,1-2H3,(H,19,23)(H,20,22)/t12-,13-,16+/m1/s1. The molecule has 1 aliphatic rings. The van der Waals surface area contributed by atoms with E-state index in [4.69, 9.17) is 0 Å². The van der Waals surface area contributed by atoms with Gasteiger partial charge in [0.25, 0.3) is 11.6 Å².